The average Bonchev–Trinajstić information content (AvgIpc) is 2.10. The molecular formula is C8H15NO3. The second-order valence-corrected chi connectivity index (χ2v) is 2.84. The molecule has 2 unspecified atom stereocenters. The molecule has 12 heavy (non-hydrogen) atoms. The van der Waals surface area contributed by atoms with E-state index >= 15 is 0 Å². The molecule has 0 spiro atoms. The first kappa shape index (κ1) is 9.48. The van der Waals surface area contributed by atoms with Gasteiger partial charge in [0.05, 0.1) is 6.10 Å². The maximum absolute atomic E-state index is 10.7. The van der Waals surface area contributed by atoms with Crippen LogP contribution in [0.1, 0.15) is 13.3 Å². The third kappa shape index (κ3) is 2.19. The molecule has 1 heterocycles. The van der Waals surface area contributed by atoms with E-state index in [9.17, 15) is 4.79 Å². The van der Waals surface area contributed by atoms with Crippen molar-refractivity contribution in [2.24, 2.45) is 0 Å². The highest BCUT2D eigenvalue weighted by Crippen LogP contribution is 2.08. The van der Waals surface area contributed by atoms with Crippen molar-refractivity contribution in [1.29, 1.82) is 0 Å². The molecule has 0 saturated carbocycles. The number of methoxy groups -OCH3 is 1. The lowest BCUT2D eigenvalue weighted by Crippen LogP contribution is -2.48. The average molecular weight is 173 g/mol. The van der Waals surface area contributed by atoms with Crippen molar-refractivity contribution in [2.45, 2.75) is 25.6 Å². The largest absolute Gasteiger partial charge is 0.379 e. The molecule has 2 atom stereocenters. The summed E-state index contributed by atoms with van der Waals surface area (Å²) in [4.78, 5) is 10.7. The Morgan fingerprint density at radius 2 is 2.58 bits per heavy atom. The zero-order chi connectivity index (χ0) is 8.97. The molecule has 4 nitrogen and oxygen atoms in total. The zero-order valence-electron chi connectivity index (χ0n) is 7.50. The number of carbonyl (C=O) groups is 1. The first-order valence-electron chi connectivity index (χ1n) is 4.19. The normalized spacial score (nSPS) is 26.5. The van der Waals surface area contributed by atoms with E-state index in [0.717, 1.165) is 6.42 Å². The minimum Gasteiger partial charge on any atom is -0.379 e. The van der Waals surface area contributed by atoms with Gasteiger partial charge in [-0.3, -0.25) is 4.79 Å². The van der Waals surface area contributed by atoms with Gasteiger partial charge in [0, 0.05) is 13.7 Å². The van der Waals surface area contributed by atoms with E-state index < -0.39 is 0 Å². The number of ether oxygens (including phenoxy) is 2. The van der Waals surface area contributed by atoms with Crippen LogP contribution in [0.5, 0.6) is 0 Å². The topological polar surface area (TPSA) is 47.6 Å². The minimum atomic E-state index is -0.0443. The molecule has 1 saturated heterocycles. The van der Waals surface area contributed by atoms with Gasteiger partial charge in [-0.25, -0.2) is 0 Å². The number of rotatable bonds is 3. The second-order valence-electron chi connectivity index (χ2n) is 2.84. The molecule has 70 valence electrons. The number of hydrogen-bond donors (Lipinski definition) is 1. The zero-order valence-corrected chi connectivity index (χ0v) is 7.50. The standard InChI is InChI=1S/C8H15NO3/c1-3-6(11-2)7-4-9-8(10)5-12-7/h6-7H,3-5H2,1-2H3,(H,9,10). The lowest BCUT2D eigenvalue weighted by molar-refractivity contribution is -0.140. The van der Waals surface area contributed by atoms with Crippen molar-refractivity contribution in [2.75, 3.05) is 20.3 Å². The van der Waals surface area contributed by atoms with Gasteiger partial charge >= 0.3 is 0 Å². The lowest BCUT2D eigenvalue weighted by Gasteiger charge is -2.28. The first-order chi connectivity index (χ1) is 5.77. The Bertz CT molecular complexity index is 146. The van der Waals surface area contributed by atoms with Crippen LogP contribution in [-0.4, -0.2) is 38.4 Å². The highest BCUT2D eigenvalue weighted by atomic mass is 16.5. The highest BCUT2D eigenvalue weighted by Gasteiger charge is 2.25. The molecule has 0 radical (unpaired) electrons. The van der Waals surface area contributed by atoms with Gasteiger partial charge < -0.3 is 14.8 Å². The minimum absolute atomic E-state index is 0.0118. The Hall–Kier alpha value is -0.610. The Morgan fingerprint density at radius 1 is 1.83 bits per heavy atom. The van der Waals surface area contributed by atoms with E-state index in [1.807, 2.05) is 6.92 Å². The summed E-state index contributed by atoms with van der Waals surface area (Å²) in [5.41, 5.74) is 0. The molecule has 1 fully saturated rings. The predicted molar refractivity (Wildman–Crippen MR) is 43.8 cm³/mol. The van der Waals surface area contributed by atoms with Crippen LogP contribution in [0.15, 0.2) is 0 Å². The molecule has 1 rings (SSSR count). The van der Waals surface area contributed by atoms with Gasteiger partial charge in [-0.1, -0.05) is 6.92 Å². The molecule has 1 aliphatic rings. The van der Waals surface area contributed by atoms with Crippen LogP contribution in [-0.2, 0) is 14.3 Å². The smallest absolute Gasteiger partial charge is 0.246 e. The van der Waals surface area contributed by atoms with Crippen LogP contribution in [0.25, 0.3) is 0 Å². The molecule has 0 bridgehead atoms. The lowest BCUT2D eigenvalue weighted by atomic mass is 10.1. The van der Waals surface area contributed by atoms with E-state index in [-0.39, 0.29) is 24.7 Å². The Balaban J connectivity index is 2.37. The van der Waals surface area contributed by atoms with Gasteiger partial charge in [0.2, 0.25) is 5.91 Å². The quantitative estimate of drug-likeness (QED) is 0.649. The van der Waals surface area contributed by atoms with Crippen molar-refractivity contribution in [1.82, 2.24) is 5.32 Å². The van der Waals surface area contributed by atoms with Crippen LogP contribution in [0.3, 0.4) is 0 Å². The van der Waals surface area contributed by atoms with E-state index in [4.69, 9.17) is 9.47 Å². The molecule has 0 aromatic carbocycles. The number of hydrogen-bond acceptors (Lipinski definition) is 3. The summed E-state index contributed by atoms with van der Waals surface area (Å²) in [6.07, 6.45) is 1.00. The number of morpholine rings is 1. The van der Waals surface area contributed by atoms with E-state index in [0.29, 0.717) is 6.54 Å². The maximum atomic E-state index is 10.7. The van der Waals surface area contributed by atoms with Gasteiger partial charge in [-0.2, -0.15) is 0 Å². The van der Waals surface area contributed by atoms with Crippen molar-refractivity contribution in [3.63, 3.8) is 0 Å². The molecule has 1 aliphatic heterocycles. The first-order valence-corrected chi connectivity index (χ1v) is 4.19. The molecular weight excluding hydrogens is 158 g/mol. The van der Waals surface area contributed by atoms with Crippen LogP contribution in [0.2, 0.25) is 0 Å². The van der Waals surface area contributed by atoms with Crippen molar-refractivity contribution < 1.29 is 14.3 Å². The summed E-state index contributed by atoms with van der Waals surface area (Å²) in [5.74, 6) is -0.0443. The van der Waals surface area contributed by atoms with Gasteiger partial charge in [-0.15, -0.1) is 0 Å². The number of carbonyl (C=O) groups excluding carboxylic acids is 1. The second kappa shape index (κ2) is 4.42. The highest BCUT2D eigenvalue weighted by molar-refractivity contribution is 5.77. The number of nitrogens with one attached hydrogen (secondary N) is 1. The summed E-state index contributed by atoms with van der Waals surface area (Å²) >= 11 is 0. The molecule has 0 aliphatic carbocycles. The summed E-state index contributed by atoms with van der Waals surface area (Å²) in [6, 6.07) is 0. The van der Waals surface area contributed by atoms with Crippen LogP contribution >= 0.6 is 0 Å². The fraction of sp³-hybridized carbons (Fsp3) is 0.875. The Labute approximate surface area is 72.2 Å². The predicted octanol–water partition coefficient (Wildman–Crippen LogP) is -0.0736. The van der Waals surface area contributed by atoms with E-state index in [1.165, 1.54) is 0 Å². The van der Waals surface area contributed by atoms with Crippen molar-refractivity contribution >= 4 is 5.91 Å². The van der Waals surface area contributed by atoms with E-state index in [2.05, 4.69) is 5.32 Å². The van der Waals surface area contributed by atoms with Gasteiger partial charge in [0.1, 0.15) is 12.7 Å². The van der Waals surface area contributed by atoms with Gasteiger partial charge in [0.15, 0.2) is 0 Å². The molecule has 1 amide bonds. The molecule has 0 aromatic heterocycles. The van der Waals surface area contributed by atoms with Crippen LogP contribution < -0.4 is 5.32 Å². The summed E-state index contributed by atoms with van der Waals surface area (Å²) in [7, 11) is 1.66. The van der Waals surface area contributed by atoms with E-state index in [1.54, 1.807) is 7.11 Å². The number of amides is 1. The molecule has 4 heteroatoms. The molecule has 0 aromatic rings. The fourth-order valence-electron chi connectivity index (χ4n) is 1.33. The third-order valence-corrected chi connectivity index (χ3v) is 2.05. The Morgan fingerprint density at radius 3 is 3.00 bits per heavy atom. The SMILES string of the molecule is CCC(OC)C1CNC(=O)CO1. The molecule has 1 N–H and O–H groups in total. The van der Waals surface area contributed by atoms with Gasteiger partial charge in [-0.05, 0) is 6.42 Å². The maximum Gasteiger partial charge on any atom is 0.246 e. The Kier molecular flexibility index (Phi) is 3.49. The van der Waals surface area contributed by atoms with Crippen LogP contribution in [0.4, 0.5) is 0 Å². The van der Waals surface area contributed by atoms with Crippen molar-refractivity contribution in [3.05, 3.63) is 0 Å². The summed E-state index contributed by atoms with van der Waals surface area (Å²) in [6.45, 7) is 2.75. The third-order valence-electron chi connectivity index (χ3n) is 2.05. The summed E-state index contributed by atoms with van der Waals surface area (Å²) < 4.78 is 10.5. The fourth-order valence-corrected chi connectivity index (χ4v) is 1.33. The van der Waals surface area contributed by atoms with Crippen molar-refractivity contribution in [3.8, 4) is 0 Å². The monoisotopic (exact) mass is 173 g/mol. The van der Waals surface area contributed by atoms with Crippen LogP contribution in [0, 0.1) is 0 Å². The van der Waals surface area contributed by atoms with Gasteiger partial charge in [0.25, 0.3) is 0 Å². The summed E-state index contributed by atoms with van der Waals surface area (Å²) in [5, 5.41) is 2.74.